The van der Waals surface area contributed by atoms with Crippen LogP contribution in [0.4, 0.5) is 0 Å². The molecule has 20 heavy (non-hydrogen) atoms. The van der Waals surface area contributed by atoms with E-state index in [0.29, 0.717) is 0 Å². The lowest BCUT2D eigenvalue weighted by Crippen LogP contribution is -2.13. The predicted octanol–water partition coefficient (Wildman–Crippen LogP) is 4.72. The zero-order valence-corrected chi connectivity index (χ0v) is 13.4. The molecule has 102 valence electrons. The van der Waals surface area contributed by atoms with E-state index in [1.165, 1.54) is 10.1 Å². The van der Waals surface area contributed by atoms with Crippen molar-refractivity contribution in [2.45, 2.75) is 6.04 Å². The minimum atomic E-state index is -0.194. The second-order valence-corrected chi connectivity index (χ2v) is 6.38. The van der Waals surface area contributed by atoms with Crippen molar-refractivity contribution >= 4 is 37.4 Å². The fourth-order valence-electron chi connectivity index (χ4n) is 2.37. The zero-order chi connectivity index (χ0) is 14.1. The van der Waals surface area contributed by atoms with Gasteiger partial charge in [-0.15, -0.1) is 11.3 Å². The molecule has 0 aliphatic heterocycles. The Kier molecular flexibility index (Phi) is 3.78. The van der Waals surface area contributed by atoms with Gasteiger partial charge in [0.15, 0.2) is 0 Å². The van der Waals surface area contributed by atoms with Crippen LogP contribution in [-0.4, -0.2) is 7.11 Å². The predicted molar refractivity (Wildman–Crippen MR) is 88.5 cm³/mol. The first kappa shape index (κ1) is 13.6. The number of fused-ring (bicyclic) bond motifs is 1. The molecule has 4 heteroatoms. The summed E-state index contributed by atoms with van der Waals surface area (Å²) in [6.07, 6.45) is 0. The van der Waals surface area contributed by atoms with E-state index in [1.54, 1.807) is 18.4 Å². The lowest BCUT2D eigenvalue weighted by molar-refractivity contribution is 0.407. The molecule has 2 nitrogen and oxygen atoms in total. The van der Waals surface area contributed by atoms with Crippen LogP contribution in [0.15, 0.2) is 52.3 Å². The van der Waals surface area contributed by atoms with Crippen LogP contribution in [0.3, 0.4) is 0 Å². The summed E-state index contributed by atoms with van der Waals surface area (Å²) < 4.78 is 7.68. The summed E-state index contributed by atoms with van der Waals surface area (Å²) in [5.74, 6) is 0.806. The highest BCUT2D eigenvalue weighted by Gasteiger charge is 2.17. The maximum atomic E-state index is 6.48. The van der Waals surface area contributed by atoms with Crippen molar-refractivity contribution in [3.05, 3.63) is 63.4 Å². The molecule has 1 heterocycles. The number of thiophene rings is 1. The van der Waals surface area contributed by atoms with Crippen LogP contribution < -0.4 is 10.5 Å². The van der Waals surface area contributed by atoms with Crippen molar-refractivity contribution in [2.75, 3.05) is 7.11 Å². The molecular weight excluding hydrogens is 334 g/mol. The molecule has 1 unspecified atom stereocenters. The van der Waals surface area contributed by atoms with E-state index in [0.717, 1.165) is 21.3 Å². The SMILES string of the molecule is COc1cc(Br)ccc1C(N)c1cccc2ccsc12. The highest BCUT2D eigenvalue weighted by molar-refractivity contribution is 9.10. The van der Waals surface area contributed by atoms with E-state index >= 15 is 0 Å². The van der Waals surface area contributed by atoms with Crippen molar-refractivity contribution in [3.8, 4) is 5.75 Å². The molecule has 3 rings (SSSR count). The normalized spacial score (nSPS) is 12.6. The van der Waals surface area contributed by atoms with Gasteiger partial charge in [0.05, 0.1) is 13.2 Å². The van der Waals surface area contributed by atoms with Gasteiger partial charge in [0.2, 0.25) is 0 Å². The fourth-order valence-corrected chi connectivity index (χ4v) is 3.66. The molecule has 0 fully saturated rings. The molecule has 0 saturated carbocycles. The van der Waals surface area contributed by atoms with Gasteiger partial charge in [0, 0.05) is 14.7 Å². The second-order valence-electron chi connectivity index (χ2n) is 4.55. The Balaban J connectivity index is 2.13. The second kappa shape index (κ2) is 5.56. The molecular formula is C16H14BrNOS. The molecule has 2 aromatic carbocycles. The molecule has 1 atom stereocenters. The number of methoxy groups -OCH3 is 1. The maximum Gasteiger partial charge on any atom is 0.125 e. The van der Waals surface area contributed by atoms with E-state index in [1.807, 2.05) is 18.2 Å². The third-order valence-electron chi connectivity index (χ3n) is 3.38. The van der Waals surface area contributed by atoms with Crippen LogP contribution in [0.1, 0.15) is 17.2 Å². The smallest absolute Gasteiger partial charge is 0.125 e. The van der Waals surface area contributed by atoms with Crippen molar-refractivity contribution in [3.63, 3.8) is 0 Å². The van der Waals surface area contributed by atoms with E-state index in [9.17, 15) is 0 Å². The Morgan fingerprint density at radius 2 is 2.00 bits per heavy atom. The summed E-state index contributed by atoms with van der Waals surface area (Å²) >= 11 is 5.18. The first-order valence-electron chi connectivity index (χ1n) is 6.26. The lowest BCUT2D eigenvalue weighted by atomic mass is 9.98. The molecule has 2 N–H and O–H groups in total. The Hall–Kier alpha value is -1.36. The molecule has 0 aliphatic carbocycles. The summed E-state index contributed by atoms with van der Waals surface area (Å²) in [5.41, 5.74) is 8.61. The van der Waals surface area contributed by atoms with Crippen molar-refractivity contribution in [1.82, 2.24) is 0 Å². The van der Waals surface area contributed by atoms with Crippen molar-refractivity contribution in [2.24, 2.45) is 5.73 Å². The van der Waals surface area contributed by atoms with E-state index in [-0.39, 0.29) is 6.04 Å². The van der Waals surface area contributed by atoms with Gasteiger partial charge in [-0.25, -0.2) is 0 Å². The van der Waals surface area contributed by atoms with Crippen LogP contribution in [-0.2, 0) is 0 Å². The number of nitrogens with two attached hydrogens (primary N) is 1. The van der Waals surface area contributed by atoms with Crippen LogP contribution >= 0.6 is 27.3 Å². The van der Waals surface area contributed by atoms with Gasteiger partial charge in [0.25, 0.3) is 0 Å². The standard InChI is InChI=1S/C16H14BrNOS/c1-19-14-9-11(17)5-6-12(14)15(18)13-4-2-3-10-7-8-20-16(10)13/h2-9,15H,18H2,1H3. The van der Waals surface area contributed by atoms with Gasteiger partial charge < -0.3 is 10.5 Å². The van der Waals surface area contributed by atoms with Gasteiger partial charge in [-0.1, -0.05) is 40.2 Å². The van der Waals surface area contributed by atoms with Crippen LogP contribution in [0.25, 0.3) is 10.1 Å². The van der Waals surface area contributed by atoms with Crippen LogP contribution in [0, 0.1) is 0 Å². The molecule has 0 bridgehead atoms. The molecule has 0 aliphatic rings. The topological polar surface area (TPSA) is 35.2 Å². The Bertz CT molecular complexity index is 753. The minimum Gasteiger partial charge on any atom is -0.496 e. The third kappa shape index (κ3) is 2.35. The summed E-state index contributed by atoms with van der Waals surface area (Å²) in [4.78, 5) is 0. The maximum absolute atomic E-state index is 6.48. The summed E-state index contributed by atoms with van der Waals surface area (Å²) in [7, 11) is 1.67. The first-order chi connectivity index (χ1) is 9.70. The molecule has 0 saturated heterocycles. The third-order valence-corrected chi connectivity index (χ3v) is 4.85. The average Bonchev–Trinajstić information content (AvgIpc) is 2.94. The Morgan fingerprint density at radius 1 is 1.15 bits per heavy atom. The highest BCUT2D eigenvalue weighted by atomic mass is 79.9. The fraction of sp³-hybridized carbons (Fsp3) is 0.125. The lowest BCUT2D eigenvalue weighted by Gasteiger charge is -2.17. The van der Waals surface area contributed by atoms with E-state index < -0.39 is 0 Å². The number of hydrogen-bond donors (Lipinski definition) is 1. The molecule has 1 aromatic heterocycles. The minimum absolute atomic E-state index is 0.194. The number of benzene rings is 2. The monoisotopic (exact) mass is 347 g/mol. The summed E-state index contributed by atoms with van der Waals surface area (Å²) in [6.45, 7) is 0. The van der Waals surface area contributed by atoms with E-state index in [4.69, 9.17) is 10.5 Å². The molecule has 0 spiro atoms. The Labute approximate surface area is 130 Å². The molecule has 0 amide bonds. The van der Waals surface area contributed by atoms with Gasteiger partial charge in [-0.05, 0) is 34.5 Å². The number of halogens is 1. The number of hydrogen-bond acceptors (Lipinski definition) is 3. The quantitative estimate of drug-likeness (QED) is 0.743. The van der Waals surface area contributed by atoms with Crippen molar-refractivity contribution in [1.29, 1.82) is 0 Å². The van der Waals surface area contributed by atoms with Gasteiger partial charge in [0.1, 0.15) is 5.75 Å². The average molecular weight is 348 g/mol. The molecule has 3 aromatic rings. The zero-order valence-electron chi connectivity index (χ0n) is 11.0. The Morgan fingerprint density at radius 3 is 2.80 bits per heavy atom. The molecule has 0 radical (unpaired) electrons. The van der Waals surface area contributed by atoms with Gasteiger partial charge >= 0.3 is 0 Å². The summed E-state index contributed by atoms with van der Waals surface area (Å²) in [5, 5.41) is 3.33. The number of ether oxygens (including phenoxy) is 1. The van der Waals surface area contributed by atoms with Crippen LogP contribution in [0.2, 0.25) is 0 Å². The largest absolute Gasteiger partial charge is 0.496 e. The number of rotatable bonds is 3. The highest BCUT2D eigenvalue weighted by Crippen LogP contribution is 2.35. The first-order valence-corrected chi connectivity index (χ1v) is 7.93. The van der Waals surface area contributed by atoms with Gasteiger partial charge in [-0.3, -0.25) is 0 Å². The van der Waals surface area contributed by atoms with E-state index in [2.05, 4.69) is 45.6 Å². The van der Waals surface area contributed by atoms with Crippen molar-refractivity contribution < 1.29 is 4.74 Å². The summed E-state index contributed by atoms with van der Waals surface area (Å²) in [6, 6.07) is 14.1. The van der Waals surface area contributed by atoms with Crippen LogP contribution in [0.5, 0.6) is 5.75 Å². The van der Waals surface area contributed by atoms with Gasteiger partial charge in [-0.2, -0.15) is 0 Å².